The van der Waals surface area contributed by atoms with Crippen LogP contribution in [0.3, 0.4) is 0 Å². The SMILES string of the molecule is COc1ccc2ccccc2c1CN[C@@H]1c2ccccc2C[C@@H]1O. The maximum absolute atomic E-state index is 10.4. The van der Waals surface area contributed by atoms with Gasteiger partial charge in [-0.15, -0.1) is 0 Å². The number of hydrogen-bond donors (Lipinski definition) is 2. The van der Waals surface area contributed by atoms with E-state index in [2.05, 4.69) is 35.6 Å². The molecule has 24 heavy (non-hydrogen) atoms. The van der Waals surface area contributed by atoms with Gasteiger partial charge in [-0.25, -0.2) is 0 Å². The van der Waals surface area contributed by atoms with Crippen molar-refractivity contribution in [1.82, 2.24) is 5.32 Å². The van der Waals surface area contributed by atoms with Gasteiger partial charge in [-0.3, -0.25) is 0 Å². The van der Waals surface area contributed by atoms with Gasteiger partial charge in [0.2, 0.25) is 0 Å². The molecule has 3 heteroatoms. The molecule has 1 aliphatic rings. The predicted molar refractivity (Wildman–Crippen MR) is 96.2 cm³/mol. The van der Waals surface area contributed by atoms with Gasteiger partial charge in [0, 0.05) is 18.5 Å². The van der Waals surface area contributed by atoms with E-state index in [-0.39, 0.29) is 12.1 Å². The van der Waals surface area contributed by atoms with Crippen LogP contribution in [0.1, 0.15) is 22.7 Å². The molecule has 0 aromatic heterocycles. The molecule has 1 aliphatic carbocycles. The molecular weight excluding hydrogens is 298 g/mol. The summed E-state index contributed by atoms with van der Waals surface area (Å²) in [6.45, 7) is 0.653. The van der Waals surface area contributed by atoms with Crippen molar-refractivity contribution in [2.45, 2.75) is 25.1 Å². The molecule has 0 bridgehead atoms. The molecule has 3 nitrogen and oxygen atoms in total. The van der Waals surface area contributed by atoms with Crippen LogP contribution in [0, 0.1) is 0 Å². The largest absolute Gasteiger partial charge is 0.496 e. The summed E-state index contributed by atoms with van der Waals surface area (Å²) in [6, 6.07) is 20.6. The number of aliphatic hydroxyl groups is 1. The number of methoxy groups -OCH3 is 1. The second-order valence-electron chi connectivity index (χ2n) is 6.30. The van der Waals surface area contributed by atoms with Crippen molar-refractivity contribution in [1.29, 1.82) is 0 Å². The van der Waals surface area contributed by atoms with Crippen molar-refractivity contribution in [3.63, 3.8) is 0 Å². The Bertz CT molecular complexity index is 875. The lowest BCUT2D eigenvalue weighted by molar-refractivity contribution is 0.140. The Kier molecular flexibility index (Phi) is 3.97. The first-order valence-electron chi connectivity index (χ1n) is 8.32. The molecule has 122 valence electrons. The Morgan fingerprint density at radius 2 is 1.83 bits per heavy atom. The maximum atomic E-state index is 10.4. The van der Waals surface area contributed by atoms with Crippen molar-refractivity contribution in [2.24, 2.45) is 0 Å². The number of benzene rings is 3. The summed E-state index contributed by atoms with van der Waals surface area (Å²) < 4.78 is 5.56. The fraction of sp³-hybridized carbons (Fsp3) is 0.238. The van der Waals surface area contributed by atoms with Crippen molar-refractivity contribution in [3.8, 4) is 5.75 Å². The molecule has 0 fully saturated rings. The Hall–Kier alpha value is -2.36. The van der Waals surface area contributed by atoms with Crippen LogP contribution in [0.4, 0.5) is 0 Å². The van der Waals surface area contributed by atoms with Gasteiger partial charge in [0.15, 0.2) is 0 Å². The highest BCUT2D eigenvalue weighted by atomic mass is 16.5. The van der Waals surface area contributed by atoms with Crippen molar-refractivity contribution >= 4 is 10.8 Å². The summed E-state index contributed by atoms with van der Waals surface area (Å²) in [4.78, 5) is 0. The van der Waals surface area contributed by atoms with Crippen LogP contribution in [0.15, 0.2) is 60.7 Å². The number of rotatable bonds is 4. The first-order chi connectivity index (χ1) is 11.8. The molecule has 0 aliphatic heterocycles. The topological polar surface area (TPSA) is 41.5 Å². The highest BCUT2D eigenvalue weighted by molar-refractivity contribution is 5.87. The van der Waals surface area contributed by atoms with Gasteiger partial charge < -0.3 is 15.2 Å². The molecule has 2 N–H and O–H groups in total. The van der Waals surface area contributed by atoms with Crippen LogP contribution in [-0.2, 0) is 13.0 Å². The average molecular weight is 319 g/mol. The zero-order valence-electron chi connectivity index (χ0n) is 13.7. The molecule has 0 unspecified atom stereocenters. The summed E-state index contributed by atoms with van der Waals surface area (Å²) in [6.07, 6.45) is 0.323. The monoisotopic (exact) mass is 319 g/mol. The van der Waals surface area contributed by atoms with E-state index < -0.39 is 0 Å². The Balaban J connectivity index is 1.66. The molecule has 3 aromatic carbocycles. The third-order valence-corrected chi connectivity index (χ3v) is 4.92. The first-order valence-corrected chi connectivity index (χ1v) is 8.32. The normalized spacial score (nSPS) is 19.4. The number of nitrogens with one attached hydrogen (secondary N) is 1. The standard InChI is InChI=1S/C21H21NO2/c1-24-20-11-10-14-6-2-4-8-16(14)18(20)13-22-21-17-9-5-3-7-15(17)12-19(21)23/h2-11,19,21-23H,12-13H2,1H3/t19-,21+/m0/s1. The molecule has 2 atom stereocenters. The third-order valence-electron chi connectivity index (χ3n) is 4.92. The van der Waals surface area contributed by atoms with Crippen molar-refractivity contribution < 1.29 is 9.84 Å². The fourth-order valence-corrected chi connectivity index (χ4v) is 3.72. The van der Waals surface area contributed by atoms with Gasteiger partial charge in [-0.2, -0.15) is 0 Å². The van der Waals surface area contributed by atoms with Crippen molar-refractivity contribution in [2.75, 3.05) is 7.11 Å². The highest BCUT2D eigenvalue weighted by Crippen LogP contribution is 2.33. The summed E-state index contributed by atoms with van der Waals surface area (Å²) in [5.41, 5.74) is 3.56. The second kappa shape index (κ2) is 6.27. The van der Waals surface area contributed by atoms with Crippen LogP contribution in [0.2, 0.25) is 0 Å². The first kappa shape index (κ1) is 15.2. The van der Waals surface area contributed by atoms with E-state index >= 15 is 0 Å². The summed E-state index contributed by atoms with van der Waals surface area (Å²) in [5, 5.41) is 16.4. The third kappa shape index (κ3) is 2.56. The van der Waals surface area contributed by atoms with E-state index in [4.69, 9.17) is 4.74 Å². The fourth-order valence-electron chi connectivity index (χ4n) is 3.72. The van der Waals surface area contributed by atoms with Crippen LogP contribution in [0.5, 0.6) is 5.75 Å². The van der Waals surface area contributed by atoms with Crippen LogP contribution >= 0.6 is 0 Å². The molecule has 0 amide bonds. The van der Waals surface area contributed by atoms with Crippen LogP contribution < -0.4 is 10.1 Å². The van der Waals surface area contributed by atoms with E-state index in [9.17, 15) is 5.11 Å². The molecule has 0 radical (unpaired) electrons. The molecule has 0 spiro atoms. The zero-order chi connectivity index (χ0) is 16.5. The zero-order valence-corrected chi connectivity index (χ0v) is 13.7. The Morgan fingerprint density at radius 3 is 2.71 bits per heavy atom. The highest BCUT2D eigenvalue weighted by Gasteiger charge is 2.30. The summed E-state index contributed by atoms with van der Waals surface area (Å²) in [7, 11) is 1.70. The average Bonchev–Trinajstić information content (AvgIpc) is 2.94. The molecule has 0 heterocycles. The van der Waals surface area contributed by atoms with Gasteiger partial charge in [0.25, 0.3) is 0 Å². The molecule has 3 aromatic rings. The number of hydrogen-bond acceptors (Lipinski definition) is 3. The van der Waals surface area contributed by atoms with Crippen molar-refractivity contribution in [3.05, 3.63) is 77.4 Å². The Morgan fingerprint density at radius 1 is 1.04 bits per heavy atom. The van der Waals surface area contributed by atoms with E-state index in [1.807, 2.05) is 30.3 Å². The van der Waals surface area contributed by atoms with E-state index in [1.165, 1.54) is 21.9 Å². The van der Waals surface area contributed by atoms with Gasteiger partial charge in [0.05, 0.1) is 19.3 Å². The Labute approximate surface area is 141 Å². The molecule has 0 saturated heterocycles. The number of aliphatic hydroxyl groups excluding tert-OH is 1. The van der Waals surface area contributed by atoms with Gasteiger partial charge >= 0.3 is 0 Å². The lowest BCUT2D eigenvalue weighted by Crippen LogP contribution is -2.28. The lowest BCUT2D eigenvalue weighted by atomic mass is 10.0. The number of fused-ring (bicyclic) bond motifs is 2. The van der Waals surface area contributed by atoms with Crippen LogP contribution in [0.25, 0.3) is 10.8 Å². The lowest BCUT2D eigenvalue weighted by Gasteiger charge is -2.20. The minimum atomic E-state index is -0.386. The maximum Gasteiger partial charge on any atom is 0.123 e. The second-order valence-corrected chi connectivity index (χ2v) is 6.30. The predicted octanol–water partition coefficient (Wildman–Crippen LogP) is 3.60. The number of ether oxygens (including phenoxy) is 1. The quantitative estimate of drug-likeness (QED) is 0.772. The molecule has 4 rings (SSSR count). The minimum Gasteiger partial charge on any atom is -0.496 e. The van der Waals surface area contributed by atoms with Gasteiger partial charge in [0.1, 0.15) is 5.75 Å². The van der Waals surface area contributed by atoms with E-state index in [0.717, 1.165) is 11.3 Å². The summed E-state index contributed by atoms with van der Waals surface area (Å²) >= 11 is 0. The smallest absolute Gasteiger partial charge is 0.123 e. The minimum absolute atomic E-state index is 0.0372. The molecular formula is C21H21NO2. The molecule has 0 saturated carbocycles. The summed E-state index contributed by atoms with van der Waals surface area (Å²) in [5.74, 6) is 0.877. The van der Waals surface area contributed by atoms with Gasteiger partial charge in [-0.1, -0.05) is 54.6 Å². The van der Waals surface area contributed by atoms with Crippen LogP contribution in [-0.4, -0.2) is 18.3 Å². The van der Waals surface area contributed by atoms with Gasteiger partial charge in [-0.05, 0) is 28.0 Å². The van der Waals surface area contributed by atoms with E-state index in [1.54, 1.807) is 7.11 Å². The van der Waals surface area contributed by atoms with E-state index in [0.29, 0.717) is 13.0 Å².